The largest absolute Gasteiger partial charge is 0.367 e. The van der Waals surface area contributed by atoms with E-state index in [1.165, 1.54) is 7.11 Å². The normalized spacial score (nSPS) is 11.9. The molecule has 6 nitrogen and oxygen atoms in total. The van der Waals surface area contributed by atoms with Gasteiger partial charge >= 0.3 is 0 Å². The van der Waals surface area contributed by atoms with Gasteiger partial charge in [-0.1, -0.05) is 36.4 Å². The van der Waals surface area contributed by atoms with Crippen molar-refractivity contribution in [1.29, 1.82) is 0 Å². The zero-order valence-corrected chi connectivity index (χ0v) is 13.3. The van der Waals surface area contributed by atoms with Gasteiger partial charge in [0.15, 0.2) is 6.10 Å². The molecule has 3 rings (SSSR count). The molecular formula is C18H18N4O2. The molecule has 0 saturated heterocycles. The number of imidazole rings is 1. The van der Waals surface area contributed by atoms with Gasteiger partial charge in [0.25, 0.3) is 5.91 Å². The highest BCUT2D eigenvalue weighted by Crippen LogP contribution is 2.17. The van der Waals surface area contributed by atoms with Gasteiger partial charge in [0.2, 0.25) is 0 Å². The number of methoxy groups -OCH3 is 1. The molecule has 0 aliphatic carbocycles. The molecule has 1 amide bonds. The molecule has 1 aromatic carbocycles. The highest BCUT2D eigenvalue weighted by molar-refractivity contribution is 5.82. The van der Waals surface area contributed by atoms with Gasteiger partial charge in [0.05, 0.1) is 0 Å². The Morgan fingerprint density at radius 3 is 2.75 bits per heavy atom. The first-order chi connectivity index (χ1) is 11.8. The van der Waals surface area contributed by atoms with Crippen LogP contribution in [-0.2, 0) is 16.1 Å². The van der Waals surface area contributed by atoms with E-state index in [1.54, 1.807) is 18.7 Å². The third kappa shape index (κ3) is 3.49. The van der Waals surface area contributed by atoms with Gasteiger partial charge in [-0.25, -0.2) is 9.97 Å². The minimum absolute atomic E-state index is 0.191. The highest BCUT2D eigenvalue weighted by atomic mass is 16.5. The number of nitrogens with one attached hydrogen (secondary N) is 1. The number of amides is 1. The first-order valence-electron chi connectivity index (χ1n) is 7.57. The Hall–Kier alpha value is -2.99. The van der Waals surface area contributed by atoms with Crippen LogP contribution in [-0.4, -0.2) is 27.6 Å². The summed E-state index contributed by atoms with van der Waals surface area (Å²) in [6, 6.07) is 13.2. The van der Waals surface area contributed by atoms with E-state index in [-0.39, 0.29) is 5.91 Å². The van der Waals surface area contributed by atoms with Gasteiger partial charge in [-0.05, 0) is 11.6 Å². The van der Waals surface area contributed by atoms with Gasteiger partial charge < -0.3 is 10.1 Å². The van der Waals surface area contributed by atoms with E-state index in [0.717, 1.165) is 16.9 Å². The van der Waals surface area contributed by atoms with Crippen LogP contribution >= 0.6 is 0 Å². The van der Waals surface area contributed by atoms with Gasteiger partial charge in [0, 0.05) is 37.8 Å². The van der Waals surface area contributed by atoms with Gasteiger partial charge in [-0.15, -0.1) is 0 Å². The van der Waals surface area contributed by atoms with E-state index in [4.69, 9.17) is 4.74 Å². The van der Waals surface area contributed by atoms with Crippen LogP contribution in [0, 0.1) is 0 Å². The number of ether oxygens (including phenoxy) is 1. The molecule has 2 aromatic heterocycles. The highest BCUT2D eigenvalue weighted by Gasteiger charge is 2.19. The molecule has 0 aliphatic rings. The van der Waals surface area contributed by atoms with Crippen molar-refractivity contribution in [3.05, 3.63) is 78.5 Å². The number of benzene rings is 1. The zero-order valence-electron chi connectivity index (χ0n) is 13.3. The zero-order chi connectivity index (χ0) is 16.8. The molecule has 0 saturated carbocycles. The number of pyridine rings is 1. The van der Waals surface area contributed by atoms with E-state index in [2.05, 4.69) is 15.3 Å². The lowest BCUT2D eigenvalue weighted by atomic mass is 10.1. The number of hydrogen-bond acceptors (Lipinski definition) is 4. The van der Waals surface area contributed by atoms with Crippen LogP contribution in [0.1, 0.15) is 17.2 Å². The predicted octanol–water partition coefficient (Wildman–Crippen LogP) is 2.27. The van der Waals surface area contributed by atoms with Crippen molar-refractivity contribution < 1.29 is 9.53 Å². The van der Waals surface area contributed by atoms with Crippen molar-refractivity contribution in [3.8, 4) is 5.82 Å². The minimum Gasteiger partial charge on any atom is -0.367 e. The van der Waals surface area contributed by atoms with Crippen LogP contribution < -0.4 is 5.32 Å². The van der Waals surface area contributed by atoms with Crippen molar-refractivity contribution in [3.63, 3.8) is 0 Å². The number of carbonyl (C=O) groups excluding carboxylic acids is 1. The summed E-state index contributed by atoms with van der Waals surface area (Å²) in [7, 11) is 1.53. The summed E-state index contributed by atoms with van der Waals surface area (Å²) in [6.07, 6.45) is 6.25. The average molecular weight is 322 g/mol. The topological polar surface area (TPSA) is 69.0 Å². The molecule has 1 N–H and O–H groups in total. The predicted molar refractivity (Wildman–Crippen MR) is 89.4 cm³/mol. The fourth-order valence-electron chi connectivity index (χ4n) is 2.48. The summed E-state index contributed by atoms with van der Waals surface area (Å²) < 4.78 is 7.16. The Kier molecular flexibility index (Phi) is 4.98. The summed E-state index contributed by atoms with van der Waals surface area (Å²) in [5.41, 5.74) is 1.71. The molecule has 0 fully saturated rings. The molecule has 122 valence electrons. The Balaban J connectivity index is 1.73. The van der Waals surface area contributed by atoms with Crippen LogP contribution in [0.4, 0.5) is 0 Å². The molecule has 0 bridgehead atoms. The third-order valence-electron chi connectivity index (χ3n) is 3.65. The maximum Gasteiger partial charge on any atom is 0.254 e. The fraction of sp³-hybridized carbons (Fsp3) is 0.167. The summed E-state index contributed by atoms with van der Waals surface area (Å²) in [5.74, 6) is 0.549. The van der Waals surface area contributed by atoms with Crippen LogP contribution in [0.3, 0.4) is 0 Å². The number of nitrogens with zero attached hydrogens (tertiary/aromatic N) is 3. The SMILES string of the molecule is COC(C(=O)NCc1cccnc1-n1ccnc1)c1ccccc1. The van der Waals surface area contributed by atoms with Crippen LogP contribution in [0.25, 0.3) is 5.82 Å². The monoisotopic (exact) mass is 322 g/mol. The second kappa shape index (κ2) is 7.52. The summed E-state index contributed by atoms with van der Waals surface area (Å²) in [6.45, 7) is 0.354. The summed E-state index contributed by atoms with van der Waals surface area (Å²) in [4.78, 5) is 20.9. The molecular weight excluding hydrogens is 304 g/mol. The average Bonchev–Trinajstić information content (AvgIpc) is 3.16. The molecule has 0 spiro atoms. The number of carbonyl (C=O) groups is 1. The molecule has 2 heterocycles. The van der Waals surface area contributed by atoms with Crippen molar-refractivity contribution in [2.24, 2.45) is 0 Å². The second-order valence-electron chi connectivity index (χ2n) is 5.20. The minimum atomic E-state index is -0.639. The molecule has 3 aromatic rings. The Bertz CT molecular complexity index is 788. The number of aromatic nitrogens is 3. The van der Waals surface area contributed by atoms with Gasteiger partial charge in [0.1, 0.15) is 12.1 Å². The molecule has 1 atom stereocenters. The standard InChI is InChI=1S/C18H18N4O2/c1-24-16(14-6-3-2-4-7-14)18(23)21-12-15-8-5-9-20-17(15)22-11-10-19-13-22/h2-11,13,16H,12H2,1H3,(H,21,23). The van der Waals surface area contributed by atoms with E-state index in [1.807, 2.05) is 53.2 Å². The molecule has 0 radical (unpaired) electrons. The summed E-state index contributed by atoms with van der Waals surface area (Å²) >= 11 is 0. The number of hydrogen-bond donors (Lipinski definition) is 1. The smallest absolute Gasteiger partial charge is 0.254 e. The third-order valence-corrected chi connectivity index (χ3v) is 3.65. The van der Waals surface area contributed by atoms with Crippen molar-refractivity contribution in [2.75, 3.05) is 7.11 Å². The molecule has 6 heteroatoms. The second-order valence-corrected chi connectivity index (χ2v) is 5.20. The molecule has 24 heavy (non-hydrogen) atoms. The Labute approximate surface area is 140 Å². The first kappa shape index (κ1) is 15.9. The molecule has 0 aliphatic heterocycles. The van der Waals surface area contributed by atoms with Crippen LogP contribution in [0.2, 0.25) is 0 Å². The Morgan fingerprint density at radius 1 is 1.21 bits per heavy atom. The van der Waals surface area contributed by atoms with E-state index < -0.39 is 6.10 Å². The van der Waals surface area contributed by atoms with Crippen molar-refractivity contribution in [2.45, 2.75) is 12.6 Å². The van der Waals surface area contributed by atoms with Crippen molar-refractivity contribution in [1.82, 2.24) is 19.9 Å². The first-order valence-corrected chi connectivity index (χ1v) is 7.57. The van der Waals surface area contributed by atoms with Crippen molar-refractivity contribution >= 4 is 5.91 Å². The lowest BCUT2D eigenvalue weighted by Crippen LogP contribution is -2.30. The quantitative estimate of drug-likeness (QED) is 0.756. The van der Waals surface area contributed by atoms with Gasteiger partial charge in [-0.2, -0.15) is 0 Å². The Morgan fingerprint density at radius 2 is 2.04 bits per heavy atom. The number of rotatable bonds is 6. The fourth-order valence-corrected chi connectivity index (χ4v) is 2.48. The van der Waals surface area contributed by atoms with Crippen LogP contribution in [0.5, 0.6) is 0 Å². The summed E-state index contributed by atoms with van der Waals surface area (Å²) in [5, 5.41) is 2.91. The maximum atomic E-state index is 12.5. The van der Waals surface area contributed by atoms with Gasteiger partial charge in [-0.3, -0.25) is 9.36 Å². The van der Waals surface area contributed by atoms with E-state index in [0.29, 0.717) is 6.54 Å². The van der Waals surface area contributed by atoms with E-state index in [9.17, 15) is 4.79 Å². The molecule has 1 unspecified atom stereocenters. The van der Waals surface area contributed by atoms with E-state index >= 15 is 0 Å². The maximum absolute atomic E-state index is 12.5. The van der Waals surface area contributed by atoms with Crippen LogP contribution in [0.15, 0.2) is 67.4 Å². The lowest BCUT2D eigenvalue weighted by Gasteiger charge is -2.16. The lowest BCUT2D eigenvalue weighted by molar-refractivity contribution is -0.131.